The van der Waals surface area contributed by atoms with Crippen LogP contribution in [0.2, 0.25) is 0 Å². The highest BCUT2D eigenvalue weighted by Crippen LogP contribution is 2.29. The fourth-order valence-electron chi connectivity index (χ4n) is 2.45. The van der Waals surface area contributed by atoms with E-state index in [0.717, 1.165) is 25.6 Å². The third kappa shape index (κ3) is 2.47. The third-order valence-corrected chi connectivity index (χ3v) is 3.56. The van der Waals surface area contributed by atoms with Gasteiger partial charge in [-0.25, -0.2) is 0 Å². The highest BCUT2D eigenvalue weighted by molar-refractivity contribution is 5.94. The molecule has 0 spiro atoms. The number of carbonyl (C=O) groups is 1. The number of hydrogen-bond acceptors (Lipinski definition) is 3. The van der Waals surface area contributed by atoms with Crippen molar-refractivity contribution < 1.29 is 4.79 Å². The molecule has 4 heteroatoms. The maximum atomic E-state index is 11.9. The minimum Gasteiger partial charge on any atom is -0.348 e. The average molecular weight is 231 g/mol. The van der Waals surface area contributed by atoms with E-state index in [9.17, 15) is 4.79 Å². The fourth-order valence-corrected chi connectivity index (χ4v) is 2.45. The van der Waals surface area contributed by atoms with Crippen LogP contribution in [0.3, 0.4) is 0 Å². The molecule has 2 aliphatic rings. The number of likely N-dealkylation sites (tertiary alicyclic amines) is 1. The minimum absolute atomic E-state index is 0.0232. The molecule has 1 unspecified atom stereocenters. The largest absolute Gasteiger partial charge is 0.348 e. The van der Waals surface area contributed by atoms with Gasteiger partial charge in [-0.1, -0.05) is 0 Å². The van der Waals surface area contributed by atoms with E-state index in [1.165, 1.54) is 12.8 Å². The molecule has 90 valence electrons. The molecule has 3 rings (SSSR count). The van der Waals surface area contributed by atoms with Crippen LogP contribution in [0.15, 0.2) is 24.5 Å². The standard InChI is InChI=1S/C13H17N3O/c17-13(10-3-6-14-7-4-10)15-11-5-8-16(9-11)12-1-2-12/h3-4,6-7,11-12H,1-2,5,8-9H2,(H,15,17). The first-order valence-electron chi connectivity index (χ1n) is 6.28. The van der Waals surface area contributed by atoms with Crippen molar-refractivity contribution in [3.05, 3.63) is 30.1 Å². The summed E-state index contributed by atoms with van der Waals surface area (Å²) in [5, 5.41) is 3.10. The van der Waals surface area contributed by atoms with Crippen molar-refractivity contribution in [2.45, 2.75) is 31.3 Å². The van der Waals surface area contributed by atoms with Gasteiger partial charge in [0, 0.05) is 43.1 Å². The Labute approximate surface area is 101 Å². The molecule has 1 atom stereocenters. The van der Waals surface area contributed by atoms with Gasteiger partial charge in [0.2, 0.25) is 0 Å². The summed E-state index contributed by atoms with van der Waals surface area (Å²) in [5.41, 5.74) is 0.699. The lowest BCUT2D eigenvalue weighted by molar-refractivity contribution is 0.0937. The summed E-state index contributed by atoms with van der Waals surface area (Å²) in [5.74, 6) is 0.0232. The highest BCUT2D eigenvalue weighted by Gasteiger charge is 2.34. The molecule has 2 heterocycles. The predicted octanol–water partition coefficient (Wildman–Crippen LogP) is 1.05. The van der Waals surface area contributed by atoms with E-state index in [-0.39, 0.29) is 5.91 Å². The zero-order valence-electron chi connectivity index (χ0n) is 9.80. The van der Waals surface area contributed by atoms with Crippen molar-refractivity contribution in [2.24, 2.45) is 0 Å². The van der Waals surface area contributed by atoms with Crippen molar-refractivity contribution in [1.82, 2.24) is 15.2 Å². The fraction of sp³-hybridized carbons (Fsp3) is 0.538. The third-order valence-electron chi connectivity index (χ3n) is 3.56. The van der Waals surface area contributed by atoms with E-state index >= 15 is 0 Å². The molecular formula is C13H17N3O. The molecule has 1 N–H and O–H groups in total. The zero-order chi connectivity index (χ0) is 11.7. The molecule has 0 aromatic carbocycles. The molecule has 2 fully saturated rings. The van der Waals surface area contributed by atoms with Gasteiger partial charge in [-0.3, -0.25) is 14.7 Å². The number of pyridine rings is 1. The number of aromatic nitrogens is 1. The van der Waals surface area contributed by atoms with Gasteiger partial charge in [-0.05, 0) is 31.4 Å². The molecule has 0 bridgehead atoms. The first-order valence-corrected chi connectivity index (χ1v) is 6.28. The van der Waals surface area contributed by atoms with Crippen LogP contribution in [-0.4, -0.2) is 41.0 Å². The second kappa shape index (κ2) is 4.45. The number of amides is 1. The lowest BCUT2D eigenvalue weighted by Gasteiger charge is -2.15. The lowest BCUT2D eigenvalue weighted by atomic mass is 10.2. The molecule has 1 aliphatic carbocycles. The molecule has 17 heavy (non-hydrogen) atoms. The van der Waals surface area contributed by atoms with Gasteiger partial charge in [0.1, 0.15) is 0 Å². The number of hydrogen-bond donors (Lipinski definition) is 1. The van der Waals surface area contributed by atoms with Crippen molar-refractivity contribution in [3.8, 4) is 0 Å². The lowest BCUT2D eigenvalue weighted by Crippen LogP contribution is -2.37. The first-order chi connectivity index (χ1) is 8.33. The van der Waals surface area contributed by atoms with Crippen LogP contribution >= 0.6 is 0 Å². The van der Waals surface area contributed by atoms with Crippen molar-refractivity contribution in [3.63, 3.8) is 0 Å². The molecule has 1 aromatic rings. The molecule has 1 saturated carbocycles. The second-order valence-corrected chi connectivity index (χ2v) is 4.92. The van der Waals surface area contributed by atoms with Crippen molar-refractivity contribution in [1.29, 1.82) is 0 Å². The normalized spacial score (nSPS) is 24.8. The van der Waals surface area contributed by atoms with Gasteiger partial charge in [-0.2, -0.15) is 0 Å². The van der Waals surface area contributed by atoms with Gasteiger partial charge < -0.3 is 5.32 Å². The minimum atomic E-state index is 0.0232. The van der Waals surface area contributed by atoms with E-state index in [0.29, 0.717) is 11.6 Å². The van der Waals surface area contributed by atoms with Crippen LogP contribution in [0, 0.1) is 0 Å². The quantitative estimate of drug-likeness (QED) is 0.845. The molecule has 4 nitrogen and oxygen atoms in total. The van der Waals surface area contributed by atoms with Crippen LogP contribution in [0.5, 0.6) is 0 Å². The Balaban J connectivity index is 1.55. The van der Waals surface area contributed by atoms with Crippen molar-refractivity contribution >= 4 is 5.91 Å². The highest BCUT2D eigenvalue weighted by atomic mass is 16.1. The van der Waals surface area contributed by atoms with E-state index in [1.807, 2.05) is 0 Å². The summed E-state index contributed by atoms with van der Waals surface area (Å²) < 4.78 is 0. The smallest absolute Gasteiger partial charge is 0.251 e. The Kier molecular flexibility index (Phi) is 2.81. The Bertz CT molecular complexity index is 402. The van der Waals surface area contributed by atoms with E-state index in [4.69, 9.17) is 0 Å². The molecular weight excluding hydrogens is 214 g/mol. The number of rotatable bonds is 3. The van der Waals surface area contributed by atoms with Gasteiger partial charge in [0.15, 0.2) is 0 Å². The van der Waals surface area contributed by atoms with Crippen LogP contribution in [0.1, 0.15) is 29.6 Å². The van der Waals surface area contributed by atoms with Crippen LogP contribution < -0.4 is 5.32 Å². The molecule has 1 aliphatic heterocycles. The summed E-state index contributed by atoms with van der Waals surface area (Å²) >= 11 is 0. The van der Waals surface area contributed by atoms with E-state index in [1.54, 1.807) is 24.5 Å². The van der Waals surface area contributed by atoms with Gasteiger partial charge in [0.05, 0.1) is 0 Å². The summed E-state index contributed by atoms with van der Waals surface area (Å²) in [6.07, 6.45) is 7.06. The van der Waals surface area contributed by atoms with E-state index in [2.05, 4.69) is 15.2 Å². The first kappa shape index (κ1) is 10.7. The summed E-state index contributed by atoms with van der Waals surface area (Å²) in [6, 6.07) is 4.63. The maximum Gasteiger partial charge on any atom is 0.251 e. The summed E-state index contributed by atoms with van der Waals surface area (Å²) in [6.45, 7) is 2.15. The Hall–Kier alpha value is -1.42. The van der Waals surface area contributed by atoms with E-state index < -0.39 is 0 Å². The van der Waals surface area contributed by atoms with Gasteiger partial charge in [0.25, 0.3) is 5.91 Å². The van der Waals surface area contributed by atoms with Crippen LogP contribution in [0.4, 0.5) is 0 Å². The number of carbonyl (C=O) groups excluding carboxylic acids is 1. The molecule has 1 amide bonds. The van der Waals surface area contributed by atoms with Crippen LogP contribution in [0.25, 0.3) is 0 Å². The Morgan fingerprint density at radius 2 is 2.06 bits per heavy atom. The average Bonchev–Trinajstić information content (AvgIpc) is 3.12. The molecule has 0 radical (unpaired) electrons. The molecule has 1 aromatic heterocycles. The predicted molar refractivity (Wildman–Crippen MR) is 64.7 cm³/mol. The second-order valence-electron chi connectivity index (χ2n) is 4.92. The maximum absolute atomic E-state index is 11.9. The monoisotopic (exact) mass is 231 g/mol. The zero-order valence-corrected chi connectivity index (χ0v) is 9.80. The number of nitrogens with zero attached hydrogens (tertiary/aromatic N) is 2. The van der Waals surface area contributed by atoms with Crippen LogP contribution in [-0.2, 0) is 0 Å². The SMILES string of the molecule is O=C(NC1CCN(C2CC2)C1)c1ccncc1. The topological polar surface area (TPSA) is 45.2 Å². The molecule has 1 saturated heterocycles. The van der Waals surface area contributed by atoms with Gasteiger partial charge >= 0.3 is 0 Å². The Morgan fingerprint density at radius 1 is 1.29 bits per heavy atom. The summed E-state index contributed by atoms with van der Waals surface area (Å²) in [7, 11) is 0. The van der Waals surface area contributed by atoms with Crippen molar-refractivity contribution in [2.75, 3.05) is 13.1 Å². The Morgan fingerprint density at radius 3 is 2.76 bits per heavy atom. The number of nitrogens with one attached hydrogen (secondary N) is 1. The summed E-state index contributed by atoms with van der Waals surface area (Å²) in [4.78, 5) is 18.3. The van der Waals surface area contributed by atoms with Gasteiger partial charge in [-0.15, -0.1) is 0 Å².